The highest BCUT2D eigenvalue weighted by Gasteiger charge is 2.24. The first-order valence-electron chi connectivity index (χ1n) is 4.28. The number of halogens is 2. The van der Waals surface area contributed by atoms with Gasteiger partial charge in [0.1, 0.15) is 12.0 Å². The monoisotopic (exact) mass is 216 g/mol. The number of aliphatic carboxylic acids is 1. The van der Waals surface area contributed by atoms with Gasteiger partial charge in [-0.25, -0.2) is 13.6 Å². The van der Waals surface area contributed by atoms with Crippen molar-refractivity contribution in [3.8, 4) is 0 Å². The molecule has 15 heavy (non-hydrogen) atoms. The van der Waals surface area contributed by atoms with Crippen LogP contribution in [0.3, 0.4) is 0 Å². The summed E-state index contributed by atoms with van der Waals surface area (Å²) in [7, 11) is 0. The summed E-state index contributed by atoms with van der Waals surface area (Å²) in [5, 5.41) is 17.8. The number of hydrogen-bond donors (Lipinski definition) is 2. The summed E-state index contributed by atoms with van der Waals surface area (Å²) in [6.45, 7) is 1.08. The fourth-order valence-electron chi connectivity index (χ4n) is 1.34. The molecule has 1 aromatic rings. The minimum Gasteiger partial charge on any atom is -0.479 e. The fraction of sp³-hybridized carbons (Fsp3) is 0.300. The Kier molecular flexibility index (Phi) is 3.36. The summed E-state index contributed by atoms with van der Waals surface area (Å²) in [5.74, 6) is -2.40. The van der Waals surface area contributed by atoms with E-state index in [4.69, 9.17) is 5.11 Å². The Labute approximate surface area is 85.0 Å². The Morgan fingerprint density at radius 3 is 2.53 bits per heavy atom. The van der Waals surface area contributed by atoms with Crippen LogP contribution in [0.25, 0.3) is 0 Å². The number of benzene rings is 1. The molecule has 2 N–H and O–H groups in total. The molecule has 0 heterocycles. The molecule has 2 atom stereocenters. The van der Waals surface area contributed by atoms with Gasteiger partial charge in [-0.3, -0.25) is 0 Å². The Balaban J connectivity index is 3.28. The second-order valence-corrected chi connectivity index (χ2v) is 3.10. The summed E-state index contributed by atoms with van der Waals surface area (Å²) in [6.07, 6.45) is -3.58. The average Bonchev–Trinajstić information content (AvgIpc) is 2.15. The molecule has 1 rings (SSSR count). The number of aliphatic hydroxyl groups is 1. The average molecular weight is 216 g/mol. The van der Waals surface area contributed by atoms with E-state index in [1.54, 1.807) is 0 Å². The summed E-state index contributed by atoms with van der Waals surface area (Å²) < 4.78 is 26.2. The number of carboxylic acid groups (broad SMARTS) is 1. The summed E-state index contributed by atoms with van der Waals surface area (Å²) in [4.78, 5) is 10.5. The van der Waals surface area contributed by atoms with E-state index in [2.05, 4.69) is 0 Å². The third kappa shape index (κ3) is 2.30. The lowest BCUT2D eigenvalue weighted by Crippen LogP contribution is -2.14. The molecule has 0 aliphatic rings. The third-order valence-electron chi connectivity index (χ3n) is 2.01. The van der Waals surface area contributed by atoms with Gasteiger partial charge in [0.25, 0.3) is 0 Å². The van der Waals surface area contributed by atoms with E-state index in [1.807, 2.05) is 0 Å². The van der Waals surface area contributed by atoms with Gasteiger partial charge in [0.05, 0.1) is 0 Å². The smallest absolute Gasteiger partial charge is 0.337 e. The number of hydrogen-bond acceptors (Lipinski definition) is 2. The van der Waals surface area contributed by atoms with Crippen molar-refractivity contribution in [1.82, 2.24) is 0 Å². The van der Waals surface area contributed by atoms with Crippen molar-refractivity contribution in [2.75, 3.05) is 0 Å². The third-order valence-corrected chi connectivity index (χ3v) is 2.01. The zero-order valence-corrected chi connectivity index (χ0v) is 7.95. The molecule has 0 amide bonds. The zero-order chi connectivity index (χ0) is 11.6. The molecule has 82 valence electrons. The van der Waals surface area contributed by atoms with Crippen LogP contribution >= 0.6 is 0 Å². The molecule has 0 saturated heterocycles. The van der Waals surface area contributed by atoms with Crippen molar-refractivity contribution < 1.29 is 23.8 Å². The molecule has 5 heteroatoms. The van der Waals surface area contributed by atoms with Crippen LogP contribution in [0.2, 0.25) is 0 Å². The van der Waals surface area contributed by atoms with E-state index in [9.17, 15) is 18.7 Å². The molecule has 0 aliphatic carbocycles. The van der Waals surface area contributed by atoms with Crippen LogP contribution in [-0.4, -0.2) is 16.2 Å². The van der Waals surface area contributed by atoms with Gasteiger partial charge >= 0.3 is 5.97 Å². The lowest BCUT2D eigenvalue weighted by Gasteiger charge is -2.13. The first-order valence-corrected chi connectivity index (χ1v) is 4.28. The van der Waals surface area contributed by atoms with Gasteiger partial charge in [-0.15, -0.1) is 0 Å². The fourth-order valence-corrected chi connectivity index (χ4v) is 1.34. The highest BCUT2D eigenvalue weighted by molar-refractivity contribution is 5.74. The zero-order valence-electron chi connectivity index (χ0n) is 7.95. The molecule has 0 aliphatic heterocycles. The molecule has 0 aromatic heterocycles. The standard InChI is InChI=1S/C10H10F2O3/c1-5(11)8-6(9(13)10(14)15)3-2-4-7(8)12/h2-5,9,13H,1H3,(H,14,15). The van der Waals surface area contributed by atoms with Crippen LogP contribution in [0.15, 0.2) is 18.2 Å². The van der Waals surface area contributed by atoms with Crippen LogP contribution < -0.4 is 0 Å². The largest absolute Gasteiger partial charge is 0.479 e. The molecule has 0 saturated carbocycles. The summed E-state index contributed by atoms with van der Waals surface area (Å²) >= 11 is 0. The van der Waals surface area contributed by atoms with Crippen molar-refractivity contribution in [2.45, 2.75) is 19.2 Å². The van der Waals surface area contributed by atoms with Crippen LogP contribution in [-0.2, 0) is 4.79 Å². The minimum atomic E-state index is -1.91. The van der Waals surface area contributed by atoms with Gasteiger partial charge in [0.15, 0.2) is 6.10 Å². The van der Waals surface area contributed by atoms with Gasteiger partial charge in [0.2, 0.25) is 0 Å². The molecular formula is C10H10F2O3. The minimum absolute atomic E-state index is 0.252. The highest BCUT2D eigenvalue weighted by atomic mass is 19.1. The van der Waals surface area contributed by atoms with Crippen LogP contribution in [0.5, 0.6) is 0 Å². The maximum Gasteiger partial charge on any atom is 0.337 e. The molecule has 0 spiro atoms. The lowest BCUT2D eigenvalue weighted by atomic mass is 9.99. The number of alkyl halides is 1. The quantitative estimate of drug-likeness (QED) is 0.812. The Bertz CT molecular complexity index is 377. The first-order chi connectivity index (χ1) is 6.95. The van der Waals surface area contributed by atoms with Crippen molar-refractivity contribution >= 4 is 5.97 Å². The van der Waals surface area contributed by atoms with Crippen LogP contribution in [0, 0.1) is 5.82 Å². The first kappa shape index (κ1) is 11.6. The molecule has 3 nitrogen and oxygen atoms in total. The summed E-state index contributed by atoms with van der Waals surface area (Å²) in [6, 6.07) is 3.43. The van der Waals surface area contributed by atoms with Gasteiger partial charge in [-0.2, -0.15) is 0 Å². The molecule has 0 bridgehead atoms. The second kappa shape index (κ2) is 4.35. The van der Waals surface area contributed by atoms with E-state index in [-0.39, 0.29) is 5.56 Å². The van der Waals surface area contributed by atoms with Crippen LogP contribution in [0.4, 0.5) is 8.78 Å². The number of carboxylic acids is 1. The van der Waals surface area contributed by atoms with E-state index in [0.717, 1.165) is 13.0 Å². The molecule has 2 unspecified atom stereocenters. The second-order valence-electron chi connectivity index (χ2n) is 3.10. The van der Waals surface area contributed by atoms with Crippen molar-refractivity contribution in [3.05, 3.63) is 35.1 Å². The maximum absolute atomic E-state index is 13.2. The van der Waals surface area contributed by atoms with Gasteiger partial charge in [0, 0.05) is 11.1 Å². The Morgan fingerprint density at radius 1 is 1.47 bits per heavy atom. The van der Waals surface area contributed by atoms with E-state index >= 15 is 0 Å². The van der Waals surface area contributed by atoms with Crippen molar-refractivity contribution in [1.29, 1.82) is 0 Å². The topological polar surface area (TPSA) is 57.5 Å². The molecular weight excluding hydrogens is 206 g/mol. The predicted molar refractivity (Wildman–Crippen MR) is 48.5 cm³/mol. The predicted octanol–water partition coefficient (Wildman–Crippen LogP) is 1.97. The Hall–Kier alpha value is -1.49. The number of aliphatic hydroxyl groups excluding tert-OH is 1. The van der Waals surface area contributed by atoms with E-state index in [0.29, 0.717) is 0 Å². The highest BCUT2D eigenvalue weighted by Crippen LogP contribution is 2.28. The normalized spacial score (nSPS) is 14.7. The molecule has 0 fully saturated rings. The SMILES string of the molecule is CC(F)c1c(F)cccc1C(O)C(=O)O. The van der Waals surface area contributed by atoms with Gasteiger partial charge in [-0.1, -0.05) is 12.1 Å². The molecule has 1 aromatic carbocycles. The lowest BCUT2D eigenvalue weighted by molar-refractivity contribution is -0.147. The van der Waals surface area contributed by atoms with E-state index in [1.165, 1.54) is 12.1 Å². The maximum atomic E-state index is 13.2. The molecule has 0 radical (unpaired) electrons. The van der Waals surface area contributed by atoms with Gasteiger partial charge in [-0.05, 0) is 13.0 Å². The Morgan fingerprint density at radius 2 is 2.07 bits per heavy atom. The summed E-state index contributed by atoms with van der Waals surface area (Å²) in [5.41, 5.74) is -0.662. The van der Waals surface area contributed by atoms with Crippen LogP contribution in [0.1, 0.15) is 30.3 Å². The van der Waals surface area contributed by atoms with Crippen molar-refractivity contribution in [2.24, 2.45) is 0 Å². The van der Waals surface area contributed by atoms with Gasteiger partial charge < -0.3 is 10.2 Å². The van der Waals surface area contributed by atoms with E-state index < -0.39 is 29.6 Å². The number of rotatable bonds is 3. The van der Waals surface area contributed by atoms with Crippen molar-refractivity contribution in [3.63, 3.8) is 0 Å². The number of carbonyl (C=O) groups is 1.